The second kappa shape index (κ2) is 10.0. The Hall–Kier alpha value is -3.41. The summed E-state index contributed by atoms with van der Waals surface area (Å²) in [5.41, 5.74) is 6.78. The van der Waals surface area contributed by atoms with Crippen LogP contribution in [0.1, 0.15) is 29.2 Å². The number of benzene rings is 2. The Kier molecular flexibility index (Phi) is 6.92. The quantitative estimate of drug-likeness (QED) is 0.565. The fourth-order valence-corrected chi connectivity index (χ4v) is 4.22. The van der Waals surface area contributed by atoms with E-state index >= 15 is 0 Å². The largest absolute Gasteiger partial charge is 0.494 e. The number of hydrogen-bond acceptors (Lipinski definition) is 5. The molecule has 1 fully saturated rings. The third-order valence-corrected chi connectivity index (χ3v) is 6.31. The number of anilines is 1. The van der Waals surface area contributed by atoms with Gasteiger partial charge in [-0.2, -0.15) is 0 Å². The molecule has 3 aromatic rings. The molecule has 1 aliphatic rings. The molecule has 172 valence electrons. The Morgan fingerprint density at radius 3 is 2.21 bits per heavy atom. The summed E-state index contributed by atoms with van der Waals surface area (Å²) in [6.07, 6.45) is 0.413. The molecule has 33 heavy (non-hydrogen) atoms. The smallest absolute Gasteiger partial charge is 0.227 e. The zero-order valence-electron chi connectivity index (χ0n) is 20.0. The van der Waals surface area contributed by atoms with Gasteiger partial charge in [0.25, 0.3) is 0 Å². The molecule has 0 N–H and O–H groups in total. The van der Waals surface area contributed by atoms with Crippen LogP contribution in [-0.4, -0.2) is 53.8 Å². The van der Waals surface area contributed by atoms with E-state index in [1.54, 1.807) is 0 Å². The van der Waals surface area contributed by atoms with Crippen LogP contribution in [0.5, 0.6) is 5.75 Å². The highest BCUT2D eigenvalue weighted by Gasteiger charge is 2.22. The van der Waals surface area contributed by atoms with Crippen LogP contribution in [-0.2, 0) is 11.2 Å². The molecule has 0 unspecified atom stereocenters. The minimum absolute atomic E-state index is 0.158. The van der Waals surface area contributed by atoms with E-state index in [4.69, 9.17) is 4.74 Å². The maximum atomic E-state index is 12.8. The zero-order valence-corrected chi connectivity index (χ0v) is 20.0. The lowest BCUT2D eigenvalue weighted by atomic mass is 9.99. The van der Waals surface area contributed by atoms with Gasteiger partial charge in [0, 0.05) is 31.7 Å². The maximum absolute atomic E-state index is 12.8. The molecule has 0 atom stereocenters. The molecule has 4 rings (SSSR count). The maximum Gasteiger partial charge on any atom is 0.227 e. The van der Waals surface area contributed by atoms with Gasteiger partial charge < -0.3 is 14.5 Å². The third kappa shape index (κ3) is 5.33. The second-order valence-corrected chi connectivity index (χ2v) is 8.65. The number of carbonyl (C=O) groups excluding carboxylic acids is 1. The summed E-state index contributed by atoms with van der Waals surface area (Å²) < 4.78 is 5.47. The Labute approximate surface area is 196 Å². The molecule has 1 aliphatic heterocycles. The van der Waals surface area contributed by atoms with E-state index < -0.39 is 0 Å². The molecule has 0 saturated carbocycles. The summed E-state index contributed by atoms with van der Waals surface area (Å²) in [5.74, 6) is 1.85. The molecule has 0 radical (unpaired) electrons. The van der Waals surface area contributed by atoms with Gasteiger partial charge >= 0.3 is 0 Å². The van der Waals surface area contributed by atoms with Crippen LogP contribution in [0.2, 0.25) is 0 Å². The number of aromatic nitrogens is 2. The predicted molar refractivity (Wildman–Crippen MR) is 132 cm³/mol. The summed E-state index contributed by atoms with van der Waals surface area (Å²) >= 11 is 0. The minimum Gasteiger partial charge on any atom is -0.494 e. The molecule has 6 heteroatoms. The lowest BCUT2D eigenvalue weighted by molar-refractivity contribution is -0.130. The van der Waals surface area contributed by atoms with Crippen molar-refractivity contribution in [2.45, 2.75) is 34.1 Å². The standard InChI is InChI=1S/C27H32N4O2/c1-5-33-23-8-6-22(7-9-23)18-27(32)31-14-12-30(13-15-31)26-11-10-25(28-29-26)24-17-20(3)19(2)16-21(24)4/h6-11,16-17H,5,12-15,18H2,1-4H3. The van der Waals surface area contributed by atoms with Gasteiger partial charge in [-0.25, -0.2) is 0 Å². The van der Waals surface area contributed by atoms with Crippen molar-refractivity contribution in [1.82, 2.24) is 15.1 Å². The molecule has 1 aromatic heterocycles. The fourth-order valence-electron chi connectivity index (χ4n) is 4.22. The van der Waals surface area contributed by atoms with Crippen LogP contribution in [0.25, 0.3) is 11.3 Å². The van der Waals surface area contributed by atoms with Crippen LogP contribution in [0, 0.1) is 20.8 Å². The van der Waals surface area contributed by atoms with Crippen LogP contribution < -0.4 is 9.64 Å². The van der Waals surface area contributed by atoms with Crippen molar-refractivity contribution in [3.63, 3.8) is 0 Å². The van der Waals surface area contributed by atoms with E-state index in [9.17, 15) is 4.79 Å². The summed E-state index contributed by atoms with van der Waals surface area (Å²) in [6.45, 7) is 11.9. The number of ether oxygens (including phenoxy) is 1. The van der Waals surface area contributed by atoms with E-state index in [1.807, 2.05) is 48.2 Å². The zero-order chi connectivity index (χ0) is 23.4. The number of nitrogens with zero attached hydrogens (tertiary/aromatic N) is 4. The van der Waals surface area contributed by atoms with Crippen molar-refractivity contribution in [1.29, 1.82) is 0 Å². The predicted octanol–water partition coefficient (Wildman–Crippen LogP) is 4.36. The SMILES string of the molecule is CCOc1ccc(CC(=O)N2CCN(c3ccc(-c4cc(C)c(C)cc4C)nn3)CC2)cc1. The number of rotatable bonds is 6. The Morgan fingerprint density at radius 2 is 1.58 bits per heavy atom. The van der Waals surface area contributed by atoms with Gasteiger partial charge in [0.05, 0.1) is 18.7 Å². The highest BCUT2D eigenvalue weighted by molar-refractivity contribution is 5.79. The van der Waals surface area contributed by atoms with E-state index in [1.165, 1.54) is 16.7 Å². The second-order valence-electron chi connectivity index (χ2n) is 8.65. The topological polar surface area (TPSA) is 58.6 Å². The highest BCUT2D eigenvalue weighted by Crippen LogP contribution is 2.25. The molecule has 0 aliphatic carbocycles. The van der Waals surface area contributed by atoms with Gasteiger partial charge in [-0.1, -0.05) is 18.2 Å². The summed E-state index contributed by atoms with van der Waals surface area (Å²) in [7, 11) is 0. The fraction of sp³-hybridized carbons (Fsp3) is 0.370. The van der Waals surface area contributed by atoms with E-state index in [0.29, 0.717) is 26.1 Å². The van der Waals surface area contributed by atoms with Crippen molar-refractivity contribution in [3.05, 3.63) is 70.8 Å². The van der Waals surface area contributed by atoms with Gasteiger partial charge in [-0.3, -0.25) is 4.79 Å². The van der Waals surface area contributed by atoms with Crippen LogP contribution in [0.4, 0.5) is 5.82 Å². The molecule has 6 nitrogen and oxygen atoms in total. The van der Waals surface area contributed by atoms with Gasteiger partial charge in [0.2, 0.25) is 5.91 Å². The van der Waals surface area contributed by atoms with Crippen molar-refractivity contribution < 1.29 is 9.53 Å². The summed E-state index contributed by atoms with van der Waals surface area (Å²) in [6, 6.07) is 16.2. The first kappa shape index (κ1) is 22.8. The van der Waals surface area contributed by atoms with Gasteiger partial charge in [0.15, 0.2) is 5.82 Å². The number of hydrogen-bond donors (Lipinski definition) is 0. The van der Waals surface area contributed by atoms with E-state index in [2.05, 4.69) is 48.0 Å². The molecular formula is C27H32N4O2. The van der Waals surface area contributed by atoms with Crippen molar-refractivity contribution in [2.24, 2.45) is 0 Å². The first-order chi connectivity index (χ1) is 15.9. The minimum atomic E-state index is 0.158. The Bertz CT molecular complexity index is 1100. The number of amides is 1. The van der Waals surface area contributed by atoms with Crippen molar-refractivity contribution in [3.8, 4) is 17.0 Å². The normalized spacial score (nSPS) is 13.8. The van der Waals surface area contributed by atoms with Crippen LogP contribution in [0.15, 0.2) is 48.5 Å². The Balaban J connectivity index is 1.34. The average molecular weight is 445 g/mol. The lowest BCUT2D eigenvalue weighted by Gasteiger charge is -2.35. The first-order valence-corrected chi connectivity index (χ1v) is 11.6. The summed E-state index contributed by atoms with van der Waals surface area (Å²) in [4.78, 5) is 16.9. The highest BCUT2D eigenvalue weighted by atomic mass is 16.5. The number of carbonyl (C=O) groups is 1. The lowest BCUT2D eigenvalue weighted by Crippen LogP contribution is -2.49. The summed E-state index contributed by atoms with van der Waals surface area (Å²) in [5, 5.41) is 9.00. The molecule has 0 bridgehead atoms. The molecule has 1 saturated heterocycles. The third-order valence-electron chi connectivity index (χ3n) is 6.31. The molecule has 2 aromatic carbocycles. The molecular weight excluding hydrogens is 412 g/mol. The van der Waals surface area contributed by atoms with Gasteiger partial charge in [0.1, 0.15) is 5.75 Å². The molecule has 1 amide bonds. The van der Waals surface area contributed by atoms with Crippen LogP contribution >= 0.6 is 0 Å². The first-order valence-electron chi connectivity index (χ1n) is 11.6. The van der Waals surface area contributed by atoms with Gasteiger partial charge in [-0.05, 0) is 80.3 Å². The number of aryl methyl sites for hydroxylation is 3. The Morgan fingerprint density at radius 1 is 0.879 bits per heavy atom. The van der Waals surface area contributed by atoms with Crippen molar-refractivity contribution >= 4 is 11.7 Å². The van der Waals surface area contributed by atoms with Crippen molar-refractivity contribution in [2.75, 3.05) is 37.7 Å². The molecule has 0 spiro atoms. The van der Waals surface area contributed by atoms with E-state index in [-0.39, 0.29) is 5.91 Å². The number of piperazine rings is 1. The monoisotopic (exact) mass is 444 g/mol. The van der Waals surface area contributed by atoms with Crippen LogP contribution in [0.3, 0.4) is 0 Å². The van der Waals surface area contributed by atoms with Gasteiger partial charge in [-0.15, -0.1) is 10.2 Å². The average Bonchev–Trinajstić information content (AvgIpc) is 2.83. The molecule has 2 heterocycles. The van der Waals surface area contributed by atoms with E-state index in [0.717, 1.165) is 41.5 Å².